The number of hydrogen-bond acceptors (Lipinski definition) is 5. The first kappa shape index (κ1) is 16.5. The summed E-state index contributed by atoms with van der Waals surface area (Å²) in [6, 6.07) is 5.78. The number of rotatable bonds is 5. The number of oxazole rings is 1. The SMILES string of the molecule is C/C=C(\C=N/C)c1ccc(NC)c(NC(=O)c2coc(C)n2)c1. The third-order valence-corrected chi connectivity index (χ3v) is 3.30. The zero-order valence-electron chi connectivity index (χ0n) is 13.7. The molecular formula is C17H20N4O2. The first-order valence-corrected chi connectivity index (χ1v) is 7.23. The fourth-order valence-corrected chi connectivity index (χ4v) is 2.15. The van der Waals surface area contributed by atoms with Gasteiger partial charge >= 0.3 is 0 Å². The maximum Gasteiger partial charge on any atom is 0.277 e. The smallest absolute Gasteiger partial charge is 0.277 e. The predicted octanol–water partition coefficient (Wildman–Crippen LogP) is 3.38. The van der Waals surface area contributed by atoms with Crippen LogP contribution in [-0.2, 0) is 0 Å². The van der Waals surface area contributed by atoms with Gasteiger partial charge in [-0.1, -0.05) is 12.1 Å². The van der Waals surface area contributed by atoms with Crippen LogP contribution in [0.3, 0.4) is 0 Å². The molecule has 23 heavy (non-hydrogen) atoms. The lowest BCUT2D eigenvalue weighted by molar-refractivity contribution is 0.102. The standard InChI is InChI=1S/C17H20N4O2/c1-5-12(9-18-3)13-6-7-14(19-4)15(8-13)21-17(22)16-10-23-11(2)20-16/h5-10,19H,1-4H3,(H,21,22)/b12-5+,18-9-. The third-order valence-electron chi connectivity index (χ3n) is 3.30. The second-order valence-corrected chi connectivity index (χ2v) is 4.85. The van der Waals surface area contributed by atoms with Gasteiger partial charge < -0.3 is 15.1 Å². The summed E-state index contributed by atoms with van der Waals surface area (Å²) in [6.07, 6.45) is 5.09. The van der Waals surface area contributed by atoms with E-state index < -0.39 is 0 Å². The maximum atomic E-state index is 12.3. The van der Waals surface area contributed by atoms with E-state index in [1.807, 2.05) is 31.2 Å². The van der Waals surface area contributed by atoms with Crippen molar-refractivity contribution >= 4 is 29.1 Å². The summed E-state index contributed by atoms with van der Waals surface area (Å²) in [6.45, 7) is 3.64. The van der Waals surface area contributed by atoms with Gasteiger partial charge in [0.15, 0.2) is 11.6 Å². The monoisotopic (exact) mass is 312 g/mol. The number of nitrogens with one attached hydrogen (secondary N) is 2. The van der Waals surface area contributed by atoms with E-state index in [1.54, 1.807) is 27.2 Å². The Morgan fingerprint density at radius 2 is 2.13 bits per heavy atom. The molecule has 1 amide bonds. The summed E-state index contributed by atoms with van der Waals surface area (Å²) in [5, 5.41) is 5.92. The first-order valence-electron chi connectivity index (χ1n) is 7.23. The van der Waals surface area contributed by atoms with E-state index in [0.29, 0.717) is 11.6 Å². The molecule has 0 bridgehead atoms. The molecule has 0 saturated carbocycles. The Labute approximate surface area is 135 Å². The Morgan fingerprint density at radius 1 is 1.35 bits per heavy atom. The largest absolute Gasteiger partial charge is 0.448 e. The zero-order valence-corrected chi connectivity index (χ0v) is 13.7. The highest BCUT2D eigenvalue weighted by Gasteiger charge is 2.13. The predicted molar refractivity (Wildman–Crippen MR) is 93.2 cm³/mol. The number of nitrogens with zero attached hydrogens (tertiary/aromatic N) is 2. The van der Waals surface area contributed by atoms with Crippen LogP contribution in [0.2, 0.25) is 0 Å². The molecule has 2 aromatic rings. The van der Waals surface area contributed by atoms with E-state index in [0.717, 1.165) is 16.8 Å². The van der Waals surface area contributed by atoms with Crippen LogP contribution < -0.4 is 10.6 Å². The molecule has 0 atom stereocenters. The van der Waals surface area contributed by atoms with Gasteiger partial charge in [0.05, 0.1) is 11.4 Å². The van der Waals surface area contributed by atoms with Gasteiger partial charge in [-0.15, -0.1) is 0 Å². The van der Waals surface area contributed by atoms with Crippen LogP contribution in [0.1, 0.15) is 28.9 Å². The van der Waals surface area contributed by atoms with Crippen LogP contribution in [0.5, 0.6) is 0 Å². The molecule has 1 aromatic carbocycles. The van der Waals surface area contributed by atoms with E-state index in [1.165, 1.54) is 6.26 Å². The summed E-state index contributed by atoms with van der Waals surface area (Å²) < 4.78 is 5.08. The first-order chi connectivity index (χ1) is 11.1. The second-order valence-electron chi connectivity index (χ2n) is 4.85. The molecule has 0 radical (unpaired) electrons. The molecule has 120 valence electrons. The molecule has 6 nitrogen and oxygen atoms in total. The van der Waals surface area contributed by atoms with E-state index in [-0.39, 0.29) is 11.6 Å². The number of benzene rings is 1. The highest BCUT2D eigenvalue weighted by atomic mass is 16.3. The number of amides is 1. The van der Waals surface area contributed by atoms with Gasteiger partial charge in [0, 0.05) is 27.2 Å². The summed E-state index contributed by atoms with van der Waals surface area (Å²) >= 11 is 0. The summed E-state index contributed by atoms with van der Waals surface area (Å²) in [7, 11) is 3.52. The van der Waals surface area contributed by atoms with E-state index in [4.69, 9.17) is 4.42 Å². The number of aryl methyl sites for hydroxylation is 1. The quantitative estimate of drug-likeness (QED) is 0.829. The Hall–Kier alpha value is -2.89. The average Bonchev–Trinajstić information content (AvgIpc) is 2.99. The minimum absolute atomic E-state index is 0.247. The lowest BCUT2D eigenvalue weighted by Gasteiger charge is -2.12. The highest BCUT2D eigenvalue weighted by Crippen LogP contribution is 2.26. The molecule has 0 aliphatic rings. The molecule has 0 saturated heterocycles. The van der Waals surface area contributed by atoms with Gasteiger partial charge in [-0.2, -0.15) is 0 Å². The van der Waals surface area contributed by atoms with Gasteiger partial charge in [0.2, 0.25) is 0 Å². The van der Waals surface area contributed by atoms with Gasteiger partial charge in [0.1, 0.15) is 6.26 Å². The van der Waals surface area contributed by atoms with Crippen molar-refractivity contribution in [3.8, 4) is 0 Å². The molecule has 2 N–H and O–H groups in total. The van der Waals surface area contributed by atoms with Gasteiger partial charge in [-0.05, 0) is 30.2 Å². The van der Waals surface area contributed by atoms with Gasteiger partial charge in [0.25, 0.3) is 5.91 Å². The van der Waals surface area contributed by atoms with Crippen LogP contribution >= 0.6 is 0 Å². The van der Waals surface area contributed by atoms with Crippen LogP contribution in [0.15, 0.2) is 39.9 Å². The molecule has 1 aromatic heterocycles. The van der Waals surface area contributed by atoms with E-state index in [2.05, 4.69) is 20.6 Å². The lowest BCUT2D eigenvalue weighted by Crippen LogP contribution is -2.14. The van der Waals surface area contributed by atoms with Gasteiger partial charge in [-0.3, -0.25) is 9.79 Å². The van der Waals surface area contributed by atoms with Crippen molar-refractivity contribution in [2.75, 3.05) is 24.7 Å². The van der Waals surface area contributed by atoms with Crippen molar-refractivity contribution < 1.29 is 9.21 Å². The van der Waals surface area contributed by atoms with E-state index in [9.17, 15) is 4.79 Å². The molecule has 2 rings (SSSR count). The maximum absolute atomic E-state index is 12.3. The summed E-state index contributed by atoms with van der Waals surface area (Å²) in [5.74, 6) is 0.134. The number of hydrogen-bond donors (Lipinski definition) is 2. The number of anilines is 2. The third kappa shape index (κ3) is 3.85. The van der Waals surface area contributed by atoms with Crippen LogP contribution in [0, 0.1) is 6.92 Å². The minimum atomic E-state index is -0.318. The summed E-state index contributed by atoms with van der Waals surface area (Å²) in [4.78, 5) is 20.4. The Bertz CT molecular complexity index is 760. The van der Waals surface area contributed by atoms with Crippen LogP contribution in [0.4, 0.5) is 11.4 Å². The van der Waals surface area contributed by atoms with Crippen molar-refractivity contribution in [3.63, 3.8) is 0 Å². The molecule has 6 heteroatoms. The summed E-state index contributed by atoms with van der Waals surface area (Å²) in [5.41, 5.74) is 3.66. The van der Waals surface area contributed by atoms with Crippen molar-refractivity contribution in [2.24, 2.45) is 4.99 Å². The number of carbonyl (C=O) groups is 1. The van der Waals surface area contributed by atoms with Crippen LogP contribution in [-0.4, -0.2) is 31.2 Å². The van der Waals surface area contributed by atoms with Crippen molar-refractivity contribution in [2.45, 2.75) is 13.8 Å². The lowest BCUT2D eigenvalue weighted by atomic mass is 10.0. The topological polar surface area (TPSA) is 79.5 Å². The molecule has 0 fully saturated rings. The molecule has 0 unspecified atom stereocenters. The average molecular weight is 312 g/mol. The molecule has 0 spiro atoms. The molecule has 0 aliphatic carbocycles. The second kappa shape index (κ2) is 7.40. The Morgan fingerprint density at radius 3 is 2.70 bits per heavy atom. The molecule has 1 heterocycles. The number of allylic oxidation sites excluding steroid dienone is 2. The fourth-order valence-electron chi connectivity index (χ4n) is 2.15. The highest BCUT2D eigenvalue weighted by molar-refractivity contribution is 6.11. The zero-order chi connectivity index (χ0) is 16.8. The molecular weight excluding hydrogens is 292 g/mol. The number of aromatic nitrogens is 1. The van der Waals surface area contributed by atoms with Crippen molar-refractivity contribution in [1.29, 1.82) is 0 Å². The van der Waals surface area contributed by atoms with Gasteiger partial charge in [-0.25, -0.2) is 4.98 Å². The normalized spacial score (nSPS) is 11.7. The molecule has 0 aliphatic heterocycles. The Kier molecular flexibility index (Phi) is 5.30. The van der Waals surface area contributed by atoms with E-state index >= 15 is 0 Å². The van der Waals surface area contributed by atoms with Crippen LogP contribution in [0.25, 0.3) is 5.57 Å². The minimum Gasteiger partial charge on any atom is -0.448 e. The number of carbonyl (C=O) groups excluding carboxylic acids is 1. The fraction of sp³-hybridized carbons (Fsp3) is 0.235. The Balaban J connectivity index is 2.34. The van der Waals surface area contributed by atoms with Crippen molar-refractivity contribution in [3.05, 3.63) is 47.7 Å². The van der Waals surface area contributed by atoms with Crippen molar-refractivity contribution in [1.82, 2.24) is 4.98 Å². The number of aliphatic imine (C=N–C) groups is 1.